The Kier molecular flexibility index (Phi) is 5.83. The van der Waals surface area contributed by atoms with Gasteiger partial charge in [-0.2, -0.15) is 0 Å². The molecule has 102 valence electrons. The first-order valence-electron chi connectivity index (χ1n) is 6.94. The SMILES string of the molecule is CCC(C)N(C)CC(NC)c1cc(C)ccc1C. The van der Waals surface area contributed by atoms with Gasteiger partial charge in [0.1, 0.15) is 0 Å². The fourth-order valence-corrected chi connectivity index (χ4v) is 2.26. The fourth-order valence-electron chi connectivity index (χ4n) is 2.26. The van der Waals surface area contributed by atoms with Crippen LogP contribution in [0.4, 0.5) is 0 Å². The number of hydrogen-bond donors (Lipinski definition) is 1. The predicted octanol–water partition coefficient (Wildman–Crippen LogP) is 3.29. The van der Waals surface area contributed by atoms with Crippen LogP contribution in [0.3, 0.4) is 0 Å². The van der Waals surface area contributed by atoms with Crippen molar-refractivity contribution in [2.24, 2.45) is 0 Å². The molecule has 0 amide bonds. The first-order chi connectivity index (χ1) is 8.49. The van der Waals surface area contributed by atoms with Gasteiger partial charge < -0.3 is 10.2 Å². The lowest BCUT2D eigenvalue weighted by Gasteiger charge is -2.29. The maximum Gasteiger partial charge on any atom is 0.0449 e. The van der Waals surface area contributed by atoms with E-state index in [1.807, 2.05) is 0 Å². The van der Waals surface area contributed by atoms with Crippen LogP contribution in [0.1, 0.15) is 43.0 Å². The molecule has 2 unspecified atom stereocenters. The lowest BCUT2D eigenvalue weighted by Crippen LogP contribution is -2.36. The van der Waals surface area contributed by atoms with Crippen LogP contribution < -0.4 is 5.32 Å². The van der Waals surface area contributed by atoms with Gasteiger partial charge >= 0.3 is 0 Å². The molecule has 0 aromatic heterocycles. The van der Waals surface area contributed by atoms with E-state index in [1.54, 1.807) is 0 Å². The van der Waals surface area contributed by atoms with Gasteiger partial charge in [-0.25, -0.2) is 0 Å². The first-order valence-corrected chi connectivity index (χ1v) is 6.94. The molecule has 0 heterocycles. The zero-order chi connectivity index (χ0) is 13.7. The molecule has 2 nitrogen and oxygen atoms in total. The number of aryl methyl sites for hydroxylation is 2. The molecule has 2 atom stereocenters. The Morgan fingerprint density at radius 1 is 1.28 bits per heavy atom. The fraction of sp³-hybridized carbons (Fsp3) is 0.625. The molecule has 2 heteroatoms. The van der Waals surface area contributed by atoms with Crippen molar-refractivity contribution in [1.29, 1.82) is 0 Å². The van der Waals surface area contributed by atoms with Gasteiger partial charge in [-0.05, 0) is 52.4 Å². The highest BCUT2D eigenvalue weighted by Crippen LogP contribution is 2.20. The second kappa shape index (κ2) is 6.91. The van der Waals surface area contributed by atoms with E-state index in [4.69, 9.17) is 0 Å². The topological polar surface area (TPSA) is 15.3 Å². The van der Waals surface area contributed by atoms with E-state index >= 15 is 0 Å². The highest BCUT2D eigenvalue weighted by atomic mass is 15.1. The van der Waals surface area contributed by atoms with Crippen LogP contribution in [0.15, 0.2) is 18.2 Å². The van der Waals surface area contributed by atoms with Crippen LogP contribution in [0.2, 0.25) is 0 Å². The van der Waals surface area contributed by atoms with Crippen LogP contribution in [0, 0.1) is 13.8 Å². The third kappa shape index (κ3) is 3.82. The quantitative estimate of drug-likeness (QED) is 0.831. The average Bonchev–Trinajstić information content (AvgIpc) is 2.37. The molecule has 0 aliphatic carbocycles. The van der Waals surface area contributed by atoms with Crippen molar-refractivity contribution in [2.75, 3.05) is 20.6 Å². The van der Waals surface area contributed by atoms with Crippen LogP contribution in [-0.4, -0.2) is 31.6 Å². The number of likely N-dealkylation sites (N-methyl/N-ethyl adjacent to an activating group) is 2. The summed E-state index contributed by atoms with van der Waals surface area (Å²) in [6.07, 6.45) is 1.19. The van der Waals surface area contributed by atoms with Gasteiger partial charge in [0.05, 0.1) is 0 Å². The highest BCUT2D eigenvalue weighted by Gasteiger charge is 2.16. The Labute approximate surface area is 112 Å². The molecular weight excluding hydrogens is 220 g/mol. The van der Waals surface area contributed by atoms with Crippen molar-refractivity contribution in [1.82, 2.24) is 10.2 Å². The van der Waals surface area contributed by atoms with Crippen molar-refractivity contribution in [3.05, 3.63) is 34.9 Å². The summed E-state index contributed by atoms with van der Waals surface area (Å²) >= 11 is 0. The summed E-state index contributed by atoms with van der Waals surface area (Å²) in [7, 11) is 4.26. The van der Waals surface area contributed by atoms with Gasteiger partial charge in [-0.3, -0.25) is 0 Å². The predicted molar refractivity (Wildman–Crippen MR) is 80.1 cm³/mol. The number of nitrogens with zero attached hydrogens (tertiary/aromatic N) is 1. The number of rotatable bonds is 6. The number of hydrogen-bond acceptors (Lipinski definition) is 2. The molecule has 1 N–H and O–H groups in total. The number of nitrogens with one attached hydrogen (secondary N) is 1. The summed E-state index contributed by atoms with van der Waals surface area (Å²) in [6.45, 7) is 9.94. The van der Waals surface area contributed by atoms with Crippen LogP contribution in [0.25, 0.3) is 0 Å². The minimum absolute atomic E-state index is 0.406. The second-order valence-electron chi connectivity index (χ2n) is 5.40. The summed E-state index contributed by atoms with van der Waals surface area (Å²) in [4.78, 5) is 2.43. The smallest absolute Gasteiger partial charge is 0.0449 e. The first kappa shape index (κ1) is 15.2. The van der Waals surface area contributed by atoms with Crippen molar-refractivity contribution in [3.63, 3.8) is 0 Å². The summed E-state index contributed by atoms with van der Waals surface area (Å²) < 4.78 is 0. The lowest BCUT2D eigenvalue weighted by atomic mass is 9.98. The monoisotopic (exact) mass is 248 g/mol. The van der Waals surface area contributed by atoms with Gasteiger partial charge in [0.2, 0.25) is 0 Å². The minimum Gasteiger partial charge on any atom is -0.312 e. The third-order valence-electron chi connectivity index (χ3n) is 3.97. The molecule has 0 saturated carbocycles. The molecule has 0 fully saturated rings. The molecule has 1 aromatic rings. The Hall–Kier alpha value is -0.860. The Balaban J connectivity index is 2.86. The maximum atomic E-state index is 3.45. The van der Waals surface area contributed by atoms with Crippen LogP contribution in [0.5, 0.6) is 0 Å². The van der Waals surface area contributed by atoms with E-state index in [9.17, 15) is 0 Å². The van der Waals surface area contributed by atoms with E-state index in [-0.39, 0.29) is 0 Å². The molecule has 1 rings (SSSR count). The van der Waals surface area contributed by atoms with Gasteiger partial charge in [-0.15, -0.1) is 0 Å². The Morgan fingerprint density at radius 2 is 1.94 bits per heavy atom. The average molecular weight is 248 g/mol. The third-order valence-corrected chi connectivity index (χ3v) is 3.97. The van der Waals surface area contributed by atoms with Crippen molar-refractivity contribution in [2.45, 2.75) is 46.2 Å². The Morgan fingerprint density at radius 3 is 2.50 bits per heavy atom. The molecule has 0 bridgehead atoms. The maximum absolute atomic E-state index is 3.45. The summed E-state index contributed by atoms with van der Waals surface area (Å²) in [5.41, 5.74) is 4.13. The van der Waals surface area contributed by atoms with E-state index < -0.39 is 0 Å². The van der Waals surface area contributed by atoms with Crippen LogP contribution in [-0.2, 0) is 0 Å². The summed E-state index contributed by atoms with van der Waals surface area (Å²) in [5.74, 6) is 0. The largest absolute Gasteiger partial charge is 0.312 e. The van der Waals surface area contributed by atoms with E-state index in [0.717, 1.165) is 6.54 Å². The normalized spacial score (nSPS) is 14.8. The molecule has 1 aromatic carbocycles. The molecule has 0 aliphatic heterocycles. The van der Waals surface area contributed by atoms with Gasteiger partial charge in [-0.1, -0.05) is 30.7 Å². The highest BCUT2D eigenvalue weighted by molar-refractivity contribution is 5.33. The molecule has 0 radical (unpaired) electrons. The standard InChI is InChI=1S/C16H28N2/c1-7-14(4)18(6)11-16(17-5)15-10-12(2)8-9-13(15)3/h8-10,14,16-17H,7,11H2,1-6H3. The molecule has 0 spiro atoms. The summed E-state index contributed by atoms with van der Waals surface area (Å²) in [5, 5.41) is 3.45. The van der Waals surface area contributed by atoms with Crippen molar-refractivity contribution >= 4 is 0 Å². The van der Waals surface area contributed by atoms with Crippen molar-refractivity contribution in [3.8, 4) is 0 Å². The molecule has 0 saturated heterocycles. The zero-order valence-corrected chi connectivity index (χ0v) is 12.7. The van der Waals surface area contributed by atoms with E-state index in [0.29, 0.717) is 12.1 Å². The zero-order valence-electron chi connectivity index (χ0n) is 12.7. The summed E-state index contributed by atoms with van der Waals surface area (Å²) in [6, 6.07) is 7.75. The van der Waals surface area contributed by atoms with Gasteiger partial charge in [0.25, 0.3) is 0 Å². The second-order valence-corrected chi connectivity index (χ2v) is 5.40. The molecular formula is C16H28N2. The molecule has 0 aliphatic rings. The van der Waals surface area contributed by atoms with Gasteiger partial charge in [0.15, 0.2) is 0 Å². The van der Waals surface area contributed by atoms with Crippen molar-refractivity contribution < 1.29 is 0 Å². The minimum atomic E-state index is 0.406. The van der Waals surface area contributed by atoms with Crippen LogP contribution >= 0.6 is 0 Å². The number of benzene rings is 1. The van der Waals surface area contributed by atoms with E-state index in [2.05, 4.69) is 70.2 Å². The molecule has 18 heavy (non-hydrogen) atoms. The van der Waals surface area contributed by atoms with E-state index in [1.165, 1.54) is 23.1 Å². The Bertz CT molecular complexity index is 373. The van der Waals surface area contributed by atoms with Gasteiger partial charge in [0, 0.05) is 18.6 Å². The lowest BCUT2D eigenvalue weighted by molar-refractivity contribution is 0.227.